The summed E-state index contributed by atoms with van der Waals surface area (Å²) in [6.45, 7) is 6.94. The third-order valence-electron chi connectivity index (χ3n) is 12.1. The fourth-order valence-electron chi connectivity index (χ4n) is 8.14. The standard InChI is InChI=1S/C39H51FN6O9S/c1-23-7-5-6-8-26-21-39(26,36(49)44-56(51,52)38(3)10-11-38)43-33(47)30-19-27(55-34-28-20-29(40)31(53-4)18-25(28)9-12-41-34)22-46(30)35(48)32(24(2)17-23)42-37(50)45-13-15-54-16-14-45/h6,8-9,12,18,20,23-24,26-27,30,32H,5,7,10-11,13-17,19,21-22H2,1-4H3,(H,42,50)(H,43,47)(H,44,49). The number of pyridine rings is 1. The molecule has 3 aliphatic heterocycles. The molecule has 7 rings (SSSR count). The van der Waals surface area contributed by atoms with Crippen molar-refractivity contribution in [2.24, 2.45) is 17.8 Å². The van der Waals surface area contributed by atoms with Gasteiger partial charge in [-0.25, -0.2) is 22.6 Å². The van der Waals surface area contributed by atoms with E-state index in [1.807, 2.05) is 19.1 Å². The molecular formula is C39H51FN6O9S. The number of rotatable bonds is 7. The van der Waals surface area contributed by atoms with Gasteiger partial charge < -0.3 is 34.6 Å². The number of aromatic nitrogens is 1. The first kappa shape index (κ1) is 39.7. The number of amides is 5. The minimum atomic E-state index is -4.02. The van der Waals surface area contributed by atoms with E-state index < -0.39 is 74.0 Å². The van der Waals surface area contributed by atoms with Crippen LogP contribution in [0.2, 0.25) is 0 Å². The van der Waals surface area contributed by atoms with Crippen molar-refractivity contribution in [3.05, 3.63) is 42.4 Å². The Labute approximate surface area is 326 Å². The van der Waals surface area contributed by atoms with Crippen LogP contribution in [0.3, 0.4) is 0 Å². The summed E-state index contributed by atoms with van der Waals surface area (Å²) in [4.78, 5) is 64.3. The molecule has 7 atom stereocenters. The number of urea groups is 1. The van der Waals surface area contributed by atoms with Crippen LogP contribution in [0.15, 0.2) is 36.5 Å². The fourth-order valence-corrected chi connectivity index (χ4v) is 9.45. The molecule has 4 heterocycles. The Kier molecular flexibility index (Phi) is 11.0. The van der Waals surface area contributed by atoms with Crippen molar-refractivity contribution in [2.75, 3.05) is 40.0 Å². The molecule has 2 saturated heterocycles. The van der Waals surface area contributed by atoms with Gasteiger partial charge in [0.25, 0.3) is 5.91 Å². The Balaban J connectivity index is 1.22. The van der Waals surface area contributed by atoms with Crippen LogP contribution < -0.4 is 24.8 Å². The zero-order valence-electron chi connectivity index (χ0n) is 32.2. The molecule has 2 aromatic rings. The summed E-state index contributed by atoms with van der Waals surface area (Å²) in [5.74, 6) is -3.14. The van der Waals surface area contributed by atoms with Gasteiger partial charge in [-0.1, -0.05) is 26.0 Å². The van der Waals surface area contributed by atoms with E-state index in [1.54, 1.807) is 17.9 Å². The first-order valence-corrected chi connectivity index (χ1v) is 20.9. The summed E-state index contributed by atoms with van der Waals surface area (Å²) in [7, 11) is -2.66. The lowest BCUT2D eigenvalue weighted by molar-refractivity contribution is -0.142. The molecule has 4 fully saturated rings. The summed E-state index contributed by atoms with van der Waals surface area (Å²) in [5.41, 5.74) is -1.56. The average molecular weight is 799 g/mol. The van der Waals surface area contributed by atoms with Crippen molar-refractivity contribution in [1.29, 1.82) is 0 Å². The van der Waals surface area contributed by atoms with E-state index in [1.165, 1.54) is 30.3 Å². The number of hydrogen-bond donors (Lipinski definition) is 3. The van der Waals surface area contributed by atoms with Gasteiger partial charge in [0.15, 0.2) is 11.6 Å². The second-order valence-corrected chi connectivity index (χ2v) is 18.5. The van der Waals surface area contributed by atoms with E-state index in [4.69, 9.17) is 14.2 Å². The molecule has 1 aromatic heterocycles. The van der Waals surface area contributed by atoms with E-state index in [9.17, 15) is 32.0 Å². The van der Waals surface area contributed by atoms with Crippen molar-refractivity contribution in [3.63, 3.8) is 0 Å². The largest absolute Gasteiger partial charge is 0.494 e. The second-order valence-electron chi connectivity index (χ2n) is 16.3. The van der Waals surface area contributed by atoms with Gasteiger partial charge in [0.05, 0.1) is 31.6 Å². The molecule has 2 saturated carbocycles. The van der Waals surface area contributed by atoms with Crippen molar-refractivity contribution >= 4 is 44.5 Å². The molecular weight excluding hydrogens is 748 g/mol. The topological polar surface area (TPSA) is 186 Å². The maximum absolute atomic E-state index is 14.9. The Morgan fingerprint density at radius 1 is 1.12 bits per heavy atom. The maximum atomic E-state index is 14.9. The minimum Gasteiger partial charge on any atom is -0.494 e. The van der Waals surface area contributed by atoms with Crippen molar-refractivity contribution in [1.82, 2.24) is 30.1 Å². The third kappa shape index (κ3) is 7.88. The van der Waals surface area contributed by atoms with Crippen LogP contribution >= 0.6 is 0 Å². The molecule has 15 nitrogen and oxygen atoms in total. The van der Waals surface area contributed by atoms with Crippen LogP contribution in [0.4, 0.5) is 9.18 Å². The zero-order valence-corrected chi connectivity index (χ0v) is 33.0. The van der Waals surface area contributed by atoms with Crippen LogP contribution in [0.5, 0.6) is 11.6 Å². The zero-order chi connectivity index (χ0) is 40.0. The minimum absolute atomic E-state index is 0.0300. The van der Waals surface area contributed by atoms with Gasteiger partial charge in [-0.15, -0.1) is 0 Å². The summed E-state index contributed by atoms with van der Waals surface area (Å²) >= 11 is 0. The van der Waals surface area contributed by atoms with E-state index in [2.05, 4.69) is 27.3 Å². The SMILES string of the molecule is COc1cc2ccnc(OC3CC4C(=O)NC5(C(=O)NS(=O)(=O)C6(C)CC6)CC5C=CCCC(C)CC(C)C(NC(=O)N5CCOCC5)C(=O)N4C3)c2cc1F. The fraction of sp³-hybridized carbons (Fsp3) is 0.615. The van der Waals surface area contributed by atoms with Crippen molar-refractivity contribution in [2.45, 2.75) is 94.2 Å². The number of fused-ring (bicyclic) bond motifs is 3. The van der Waals surface area contributed by atoms with Gasteiger partial charge in [0, 0.05) is 37.0 Å². The number of benzene rings is 1. The van der Waals surface area contributed by atoms with Gasteiger partial charge >= 0.3 is 6.03 Å². The Morgan fingerprint density at radius 3 is 2.59 bits per heavy atom. The highest BCUT2D eigenvalue weighted by Gasteiger charge is 2.63. The molecule has 1 aromatic carbocycles. The Hall–Kier alpha value is -4.51. The van der Waals surface area contributed by atoms with Crippen LogP contribution in [0, 0.1) is 23.6 Å². The lowest BCUT2D eigenvalue weighted by atomic mass is 9.88. The van der Waals surface area contributed by atoms with Crippen LogP contribution in [0.1, 0.15) is 65.7 Å². The molecule has 0 radical (unpaired) electrons. The highest BCUT2D eigenvalue weighted by molar-refractivity contribution is 7.91. The van der Waals surface area contributed by atoms with Crippen molar-refractivity contribution < 1.29 is 46.2 Å². The normalized spacial score (nSPS) is 30.6. The lowest BCUT2D eigenvalue weighted by Crippen LogP contribution is -2.60. The number of nitrogens with zero attached hydrogens (tertiary/aromatic N) is 3. The molecule has 7 unspecified atom stereocenters. The molecule has 304 valence electrons. The van der Waals surface area contributed by atoms with Gasteiger partial charge in [-0.3, -0.25) is 19.1 Å². The second kappa shape index (κ2) is 15.4. The Bertz CT molecular complexity index is 2020. The van der Waals surface area contributed by atoms with E-state index in [0.29, 0.717) is 62.8 Å². The van der Waals surface area contributed by atoms with Gasteiger partial charge in [-0.05, 0) is 80.9 Å². The molecule has 5 aliphatic rings. The maximum Gasteiger partial charge on any atom is 0.318 e. The monoisotopic (exact) mass is 798 g/mol. The number of morpholine rings is 1. The summed E-state index contributed by atoms with van der Waals surface area (Å²) in [6.07, 6.45) is 7.51. The van der Waals surface area contributed by atoms with E-state index >= 15 is 0 Å². The van der Waals surface area contributed by atoms with Crippen LogP contribution in [0.25, 0.3) is 10.8 Å². The first-order chi connectivity index (χ1) is 26.6. The molecule has 3 N–H and O–H groups in total. The molecule has 17 heteroatoms. The number of ether oxygens (including phenoxy) is 3. The van der Waals surface area contributed by atoms with Crippen LogP contribution in [-0.4, -0.2) is 115 Å². The average Bonchev–Trinajstić information content (AvgIpc) is 4.05. The number of nitrogens with one attached hydrogen (secondary N) is 3. The first-order valence-electron chi connectivity index (χ1n) is 19.4. The van der Waals surface area contributed by atoms with E-state index in [-0.39, 0.29) is 42.9 Å². The number of sulfonamides is 1. The summed E-state index contributed by atoms with van der Waals surface area (Å²) < 4.78 is 59.4. The van der Waals surface area contributed by atoms with Gasteiger partial charge in [0.1, 0.15) is 23.7 Å². The van der Waals surface area contributed by atoms with Gasteiger partial charge in [0.2, 0.25) is 27.7 Å². The molecule has 56 heavy (non-hydrogen) atoms. The highest BCUT2D eigenvalue weighted by atomic mass is 32.2. The number of methoxy groups -OCH3 is 1. The van der Waals surface area contributed by atoms with E-state index in [0.717, 1.165) is 6.42 Å². The number of carbonyl (C=O) groups excluding carboxylic acids is 4. The van der Waals surface area contributed by atoms with Crippen LogP contribution in [-0.2, 0) is 29.1 Å². The smallest absolute Gasteiger partial charge is 0.318 e. The number of halogens is 1. The molecule has 5 amide bonds. The lowest BCUT2D eigenvalue weighted by Gasteiger charge is -2.35. The number of hydrogen-bond acceptors (Lipinski definition) is 10. The van der Waals surface area contributed by atoms with Crippen molar-refractivity contribution in [3.8, 4) is 11.6 Å². The quantitative estimate of drug-likeness (QED) is 0.352. The number of allylic oxidation sites excluding steroid dienone is 1. The predicted molar refractivity (Wildman–Crippen MR) is 202 cm³/mol. The summed E-state index contributed by atoms with van der Waals surface area (Å²) in [5, 5.41) is 6.82. The van der Waals surface area contributed by atoms with Gasteiger partial charge in [-0.2, -0.15) is 0 Å². The molecule has 0 spiro atoms. The highest BCUT2D eigenvalue weighted by Crippen LogP contribution is 2.47. The summed E-state index contributed by atoms with van der Waals surface area (Å²) in [6, 6.07) is 1.84. The third-order valence-corrected chi connectivity index (χ3v) is 14.3. The number of carbonyl (C=O) groups is 4. The molecule has 2 aliphatic carbocycles. The predicted octanol–water partition coefficient (Wildman–Crippen LogP) is 3.03. The Morgan fingerprint density at radius 2 is 1.88 bits per heavy atom. The molecule has 0 bridgehead atoms.